The Morgan fingerprint density at radius 3 is 2.69 bits per heavy atom. The minimum atomic E-state index is -0.248. The van der Waals surface area contributed by atoms with Crippen molar-refractivity contribution in [1.29, 1.82) is 0 Å². The van der Waals surface area contributed by atoms with Gasteiger partial charge in [0.25, 0.3) is 5.91 Å². The SMILES string of the molecule is Cc1ccc(C(=O)NC2CC(O)C2)c(C)n1. The molecule has 0 atom stereocenters. The third kappa shape index (κ3) is 2.22. The van der Waals surface area contributed by atoms with Crippen molar-refractivity contribution in [3.63, 3.8) is 0 Å². The number of aliphatic hydroxyl groups is 1. The number of hydrogen-bond acceptors (Lipinski definition) is 3. The van der Waals surface area contributed by atoms with Gasteiger partial charge in [-0.3, -0.25) is 9.78 Å². The molecule has 1 fully saturated rings. The molecule has 1 aliphatic carbocycles. The fourth-order valence-electron chi connectivity index (χ4n) is 1.90. The highest BCUT2D eigenvalue weighted by atomic mass is 16.3. The van der Waals surface area contributed by atoms with Crippen LogP contribution in [0.5, 0.6) is 0 Å². The first-order chi connectivity index (χ1) is 7.56. The molecule has 4 nitrogen and oxygen atoms in total. The second kappa shape index (κ2) is 4.22. The van der Waals surface area contributed by atoms with Gasteiger partial charge in [-0.2, -0.15) is 0 Å². The summed E-state index contributed by atoms with van der Waals surface area (Å²) in [6.45, 7) is 3.73. The van der Waals surface area contributed by atoms with Crippen LogP contribution in [0.1, 0.15) is 34.6 Å². The lowest BCUT2D eigenvalue weighted by molar-refractivity contribution is 0.0562. The van der Waals surface area contributed by atoms with E-state index in [2.05, 4.69) is 10.3 Å². The molecule has 0 radical (unpaired) electrons. The van der Waals surface area contributed by atoms with Gasteiger partial charge in [-0.05, 0) is 38.8 Å². The minimum Gasteiger partial charge on any atom is -0.393 e. The zero-order valence-electron chi connectivity index (χ0n) is 9.53. The smallest absolute Gasteiger partial charge is 0.253 e. The van der Waals surface area contributed by atoms with Crippen molar-refractivity contribution in [2.45, 2.75) is 38.8 Å². The first kappa shape index (κ1) is 11.1. The second-order valence-corrected chi connectivity index (χ2v) is 4.38. The second-order valence-electron chi connectivity index (χ2n) is 4.38. The summed E-state index contributed by atoms with van der Waals surface area (Å²) < 4.78 is 0. The van der Waals surface area contributed by atoms with Crippen LogP contribution in [0.15, 0.2) is 12.1 Å². The standard InChI is InChI=1S/C12H16N2O2/c1-7-3-4-11(8(2)13-7)12(16)14-9-5-10(15)6-9/h3-4,9-10,15H,5-6H2,1-2H3,(H,14,16). The van der Waals surface area contributed by atoms with Crippen LogP contribution in [0, 0.1) is 13.8 Å². The van der Waals surface area contributed by atoms with Crippen LogP contribution in [-0.4, -0.2) is 28.1 Å². The maximum Gasteiger partial charge on any atom is 0.253 e. The van der Waals surface area contributed by atoms with E-state index in [1.165, 1.54) is 0 Å². The van der Waals surface area contributed by atoms with E-state index in [0.29, 0.717) is 18.4 Å². The molecule has 0 bridgehead atoms. The maximum atomic E-state index is 11.9. The average molecular weight is 220 g/mol. The molecule has 1 aliphatic rings. The molecule has 4 heteroatoms. The van der Waals surface area contributed by atoms with E-state index < -0.39 is 0 Å². The molecular formula is C12H16N2O2. The minimum absolute atomic E-state index is 0.0955. The van der Waals surface area contributed by atoms with Crippen molar-refractivity contribution in [2.24, 2.45) is 0 Å². The molecule has 0 unspecified atom stereocenters. The number of carbonyl (C=O) groups is 1. The normalized spacial score (nSPS) is 23.7. The quantitative estimate of drug-likeness (QED) is 0.780. The summed E-state index contributed by atoms with van der Waals surface area (Å²) >= 11 is 0. The van der Waals surface area contributed by atoms with Crippen molar-refractivity contribution in [3.8, 4) is 0 Å². The predicted molar refractivity (Wildman–Crippen MR) is 60.2 cm³/mol. The monoisotopic (exact) mass is 220 g/mol. The van der Waals surface area contributed by atoms with Crippen molar-refractivity contribution in [3.05, 3.63) is 29.1 Å². The van der Waals surface area contributed by atoms with Gasteiger partial charge < -0.3 is 10.4 Å². The van der Waals surface area contributed by atoms with Crippen LogP contribution in [0.25, 0.3) is 0 Å². The number of aromatic nitrogens is 1. The lowest BCUT2D eigenvalue weighted by atomic mass is 9.89. The number of pyridine rings is 1. The summed E-state index contributed by atoms with van der Waals surface area (Å²) in [5.74, 6) is -0.0955. The number of nitrogens with one attached hydrogen (secondary N) is 1. The first-order valence-corrected chi connectivity index (χ1v) is 5.49. The van der Waals surface area contributed by atoms with Crippen LogP contribution >= 0.6 is 0 Å². The Morgan fingerprint density at radius 2 is 2.12 bits per heavy atom. The summed E-state index contributed by atoms with van der Waals surface area (Å²) in [5.41, 5.74) is 2.28. The highest BCUT2D eigenvalue weighted by Crippen LogP contribution is 2.20. The van der Waals surface area contributed by atoms with Gasteiger partial charge >= 0.3 is 0 Å². The number of nitrogens with zero attached hydrogens (tertiary/aromatic N) is 1. The van der Waals surface area contributed by atoms with Crippen LogP contribution in [0.4, 0.5) is 0 Å². The van der Waals surface area contributed by atoms with Gasteiger partial charge in [0.2, 0.25) is 0 Å². The van der Waals surface area contributed by atoms with E-state index in [0.717, 1.165) is 11.4 Å². The summed E-state index contributed by atoms with van der Waals surface area (Å²) in [6, 6.07) is 3.74. The van der Waals surface area contributed by atoms with Crippen molar-refractivity contribution in [1.82, 2.24) is 10.3 Å². The molecule has 1 aromatic rings. The molecule has 86 valence electrons. The van der Waals surface area contributed by atoms with Crippen molar-refractivity contribution >= 4 is 5.91 Å². The molecule has 0 aliphatic heterocycles. The third-order valence-corrected chi connectivity index (χ3v) is 2.92. The summed E-state index contributed by atoms with van der Waals surface area (Å²) in [6.07, 6.45) is 1.07. The third-order valence-electron chi connectivity index (χ3n) is 2.92. The van der Waals surface area contributed by atoms with Crippen LogP contribution < -0.4 is 5.32 Å². The van der Waals surface area contributed by atoms with Gasteiger partial charge in [0, 0.05) is 11.7 Å². The van der Waals surface area contributed by atoms with Crippen LogP contribution in [0.3, 0.4) is 0 Å². The largest absolute Gasteiger partial charge is 0.393 e. The number of aliphatic hydroxyl groups excluding tert-OH is 1. The van der Waals surface area contributed by atoms with Gasteiger partial charge in [-0.1, -0.05) is 0 Å². The molecule has 16 heavy (non-hydrogen) atoms. The van der Waals surface area contributed by atoms with E-state index in [1.807, 2.05) is 19.9 Å². The fraction of sp³-hybridized carbons (Fsp3) is 0.500. The Labute approximate surface area is 94.7 Å². The van der Waals surface area contributed by atoms with Crippen molar-refractivity contribution < 1.29 is 9.90 Å². The molecule has 0 saturated heterocycles. The fourth-order valence-corrected chi connectivity index (χ4v) is 1.90. The predicted octanol–water partition coefficient (Wildman–Crippen LogP) is 0.952. The molecule has 0 aromatic carbocycles. The number of carbonyl (C=O) groups excluding carboxylic acids is 1. The van der Waals surface area contributed by atoms with E-state index in [9.17, 15) is 4.79 Å². The molecule has 2 N–H and O–H groups in total. The summed E-state index contributed by atoms with van der Waals surface area (Å²) in [5, 5.41) is 12.0. The zero-order chi connectivity index (χ0) is 11.7. The van der Waals surface area contributed by atoms with E-state index in [-0.39, 0.29) is 18.1 Å². The van der Waals surface area contributed by atoms with Gasteiger partial charge in [0.1, 0.15) is 0 Å². The van der Waals surface area contributed by atoms with Gasteiger partial charge in [-0.25, -0.2) is 0 Å². The van der Waals surface area contributed by atoms with Gasteiger partial charge in [0.05, 0.1) is 17.4 Å². The lowest BCUT2D eigenvalue weighted by Crippen LogP contribution is -2.46. The molecule has 0 spiro atoms. The molecule has 1 aromatic heterocycles. The summed E-state index contributed by atoms with van der Waals surface area (Å²) in [7, 11) is 0. The maximum absolute atomic E-state index is 11.9. The Kier molecular flexibility index (Phi) is 2.92. The van der Waals surface area contributed by atoms with Gasteiger partial charge in [-0.15, -0.1) is 0 Å². The Hall–Kier alpha value is -1.42. The highest BCUT2D eigenvalue weighted by Gasteiger charge is 2.28. The number of hydrogen-bond donors (Lipinski definition) is 2. The van der Waals surface area contributed by atoms with E-state index in [1.54, 1.807) is 6.07 Å². The zero-order valence-corrected chi connectivity index (χ0v) is 9.53. The Bertz CT molecular complexity index is 411. The average Bonchev–Trinajstić information content (AvgIpc) is 2.15. The first-order valence-electron chi connectivity index (χ1n) is 5.49. The number of aryl methyl sites for hydroxylation is 2. The summed E-state index contributed by atoms with van der Waals surface area (Å²) in [4.78, 5) is 16.1. The van der Waals surface area contributed by atoms with Crippen LogP contribution in [-0.2, 0) is 0 Å². The lowest BCUT2D eigenvalue weighted by Gasteiger charge is -2.32. The number of rotatable bonds is 2. The molecular weight excluding hydrogens is 204 g/mol. The Morgan fingerprint density at radius 1 is 1.44 bits per heavy atom. The molecule has 1 saturated carbocycles. The van der Waals surface area contributed by atoms with Crippen molar-refractivity contribution in [2.75, 3.05) is 0 Å². The highest BCUT2D eigenvalue weighted by molar-refractivity contribution is 5.95. The number of amides is 1. The molecule has 1 amide bonds. The Balaban J connectivity index is 2.03. The topological polar surface area (TPSA) is 62.2 Å². The van der Waals surface area contributed by atoms with E-state index >= 15 is 0 Å². The van der Waals surface area contributed by atoms with Gasteiger partial charge in [0.15, 0.2) is 0 Å². The molecule has 1 heterocycles. The van der Waals surface area contributed by atoms with Crippen LogP contribution in [0.2, 0.25) is 0 Å². The molecule has 2 rings (SSSR count). The van der Waals surface area contributed by atoms with E-state index in [4.69, 9.17) is 5.11 Å².